The Labute approximate surface area is 179 Å². The third-order valence-corrected chi connectivity index (χ3v) is 8.45. The van der Waals surface area contributed by atoms with Crippen LogP contribution in [-0.2, 0) is 28.7 Å². The predicted molar refractivity (Wildman–Crippen MR) is 106 cm³/mol. The molecule has 0 radical (unpaired) electrons. The van der Waals surface area contributed by atoms with Crippen molar-refractivity contribution in [3.8, 4) is 0 Å². The molecule has 1 N–H and O–H groups in total. The van der Waals surface area contributed by atoms with Crippen molar-refractivity contribution >= 4 is 11.9 Å². The fourth-order valence-electron chi connectivity index (χ4n) is 6.59. The van der Waals surface area contributed by atoms with Crippen LogP contribution in [0.3, 0.4) is 0 Å². The van der Waals surface area contributed by atoms with Crippen molar-refractivity contribution in [1.29, 1.82) is 0 Å². The minimum Gasteiger partial charge on any atom is -0.481 e. The largest absolute Gasteiger partial charge is 0.481 e. The number of nitrogens with zero attached hydrogens (tertiary/aromatic N) is 2. The second-order valence-electron chi connectivity index (χ2n) is 9.85. The van der Waals surface area contributed by atoms with Gasteiger partial charge in [0.05, 0.1) is 16.9 Å². The number of fused-ring (bicyclic) bond motifs is 2. The van der Waals surface area contributed by atoms with Gasteiger partial charge < -0.3 is 10.0 Å². The van der Waals surface area contributed by atoms with E-state index in [4.69, 9.17) is 0 Å². The number of carbonyl (C=O) groups is 2. The van der Waals surface area contributed by atoms with Gasteiger partial charge in [0.25, 0.3) is 0 Å². The average Bonchev–Trinajstić information content (AvgIpc) is 3.42. The summed E-state index contributed by atoms with van der Waals surface area (Å²) in [4.78, 5) is 29.0. The smallest absolute Gasteiger partial charge is 0.416 e. The highest BCUT2D eigenvalue weighted by molar-refractivity contribution is 5.87. The molecule has 2 saturated heterocycles. The van der Waals surface area contributed by atoms with Crippen molar-refractivity contribution in [2.24, 2.45) is 17.3 Å². The second-order valence-corrected chi connectivity index (χ2v) is 9.85. The van der Waals surface area contributed by atoms with E-state index in [-0.39, 0.29) is 36.4 Å². The normalized spacial score (nSPS) is 35.6. The minimum atomic E-state index is -4.39. The van der Waals surface area contributed by atoms with Gasteiger partial charge in [0, 0.05) is 25.2 Å². The molecule has 0 aromatic heterocycles. The summed E-state index contributed by atoms with van der Waals surface area (Å²) in [5.74, 6) is -0.895. The maximum atomic E-state index is 13.6. The summed E-state index contributed by atoms with van der Waals surface area (Å²) in [7, 11) is 0. The standard InChI is InChI=1S/C23H27F3N2O3/c1-13-19-9-14-2-3-17(23(24,25)26)8-16(14)12-28(19)21(31)22(13)6-4-18(10-22)27-7-5-15(11-27)20(29)30/h2-3,8,13,15,18-19H,4-7,9-12H2,1H3,(H,29,30). The monoisotopic (exact) mass is 436 g/mol. The highest BCUT2D eigenvalue weighted by Gasteiger charge is 2.61. The average molecular weight is 436 g/mol. The number of benzene rings is 1. The molecule has 5 rings (SSSR count). The molecule has 5 nitrogen and oxygen atoms in total. The van der Waals surface area contributed by atoms with Crippen LogP contribution in [0.25, 0.3) is 0 Å². The van der Waals surface area contributed by atoms with Crippen LogP contribution in [0.1, 0.15) is 49.3 Å². The molecule has 1 saturated carbocycles. The lowest BCUT2D eigenvalue weighted by atomic mass is 9.73. The highest BCUT2D eigenvalue weighted by Crippen LogP contribution is 2.55. The number of halogens is 3. The molecule has 5 atom stereocenters. The van der Waals surface area contributed by atoms with Gasteiger partial charge in [-0.05, 0) is 67.8 Å². The van der Waals surface area contributed by atoms with Crippen LogP contribution >= 0.6 is 0 Å². The topological polar surface area (TPSA) is 60.9 Å². The number of alkyl halides is 3. The summed E-state index contributed by atoms with van der Waals surface area (Å²) in [6, 6.07) is 4.13. The van der Waals surface area contributed by atoms with E-state index in [2.05, 4.69) is 11.8 Å². The summed E-state index contributed by atoms with van der Waals surface area (Å²) in [6.07, 6.45) is -0.795. The first-order valence-electron chi connectivity index (χ1n) is 11.1. The molecule has 1 aromatic rings. The zero-order chi connectivity index (χ0) is 22.1. The van der Waals surface area contributed by atoms with E-state index >= 15 is 0 Å². The molecule has 3 heterocycles. The maximum absolute atomic E-state index is 13.6. The molecular weight excluding hydrogens is 409 g/mol. The van der Waals surface area contributed by atoms with E-state index in [0.717, 1.165) is 37.4 Å². The Morgan fingerprint density at radius 3 is 2.68 bits per heavy atom. The Morgan fingerprint density at radius 2 is 2.00 bits per heavy atom. The quantitative estimate of drug-likeness (QED) is 0.770. The minimum absolute atomic E-state index is 0.0147. The molecule has 5 unspecified atom stereocenters. The molecule has 4 aliphatic rings. The van der Waals surface area contributed by atoms with Crippen LogP contribution < -0.4 is 0 Å². The van der Waals surface area contributed by atoms with Gasteiger partial charge in [-0.15, -0.1) is 0 Å². The van der Waals surface area contributed by atoms with Crippen molar-refractivity contribution in [3.05, 3.63) is 34.9 Å². The lowest BCUT2D eigenvalue weighted by Gasteiger charge is -2.33. The summed E-state index contributed by atoms with van der Waals surface area (Å²) in [6.45, 7) is 3.64. The van der Waals surface area contributed by atoms with Crippen LogP contribution in [0.15, 0.2) is 18.2 Å². The van der Waals surface area contributed by atoms with Gasteiger partial charge in [-0.25, -0.2) is 0 Å². The van der Waals surface area contributed by atoms with E-state index in [1.807, 2.05) is 4.90 Å². The lowest BCUT2D eigenvalue weighted by molar-refractivity contribution is -0.141. The molecule has 31 heavy (non-hydrogen) atoms. The SMILES string of the molecule is CC1C2Cc3ccc(C(F)(F)F)cc3CN2C(=O)C12CCC(N1CCC(C(=O)O)C1)C2. The van der Waals surface area contributed by atoms with Gasteiger partial charge >= 0.3 is 12.1 Å². The third kappa shape index (κ3) is 3.17. The molecule has 0 bridgehead atoms. The molecule has 1 aliphatic carbocycles. The van der Waals surface area contributed by atoms with Crippen LogP contribution in [0.5, 0.6) is 0 Å². The fourth-order valence-corrected chi connectivity index (χ4v) is 6.59. The van der Waals surface area contributed by atoms with Gasteiger partial charge in [0.1, 0.15) is 0 Å². The van der Waals surface area contributed by atoms with Crippen molar-refractivity contribution in [3.63, 3.8) is 0 Å². The molecule has 1 amide bonds. The zero-order valence-corrected chi connectivity index (χ0v) is 17.5. The second kappa shape index (κ2) is 6.95. The summed E-state index contributed by atoms with van der Waals surface area (Å²) < 4.78 is 39.5. The number of hydrogen-bond donors (Lipinski definition) is 1. The van der Waals surface area contributed by atoms with Gasteiger partial charge in [-0.2, -0.15) is 13.2 Å². The first kappa shape index (κ1) is 20.8. The first-order chi connectivity index (χ1) is 14.6. The number of amides is 1. The Bertz CT molecular complexity index is 933. The number of carboxylic acids is 1. The van der Waals surface area contributed by atoms with Crippen molar-refractivity contribution < 1.29 is 27.9 Å². The maximum Gasteiger partial charge on any atom is 0.416 e. The van der Waals surface area contributed by atoms with Crippen LogP contribution in [-0.4, -0.2) is 52.0 Å². The van der Waals surface area contributed by atoms with E-state index < -0.39 is 23.1 Å². The van der Waals surface area contributed by atoms with Crippen molar-refractivity contribution in [2.45, 2.75) is 63.8 Å². The number of carboxylic acid groups (broad SMARTS) is 1. The molecule has 8 heteroatoms. The Kier molecular flexibility index (Phi) is 4.66. The van der Waals surface area contributed by atoms with Gasteiger partial charge in [-0.1, -0.05) is 13.0 Å². The molecule has 3 aliphatic heterocycles. The van der Waals surface area contributed by atoms with Gasteiger partial charge in [0.2, 0.25) is 5.91 Å². The summed E-state index contributed by atoms with van der Waals surface area (Å²) in [5, 5.41) is 9.30. The summed E-state index contributed by atoms with van der Waals surface area (Å²) in [5.41, 5.74) is 0.361. The number of hydrogen-bond acceptors (Lipinski definition) is 3. The molecular formula is C23H27F3N2O3. The van der Waals surface area contributed by atoms with Crippen molar-refractivity contribution in [1.82, 2.24) is 9.80 Å². The number of aliphatic carboxylic acids is 1. The fraction of sp³-hybridized carbons (Fsp3) is 0.652. The zero-order valence-electron chi connectivity index (χ0n) is 17.5. The van der Waals surface area contributed by atoms with Crippen LogP contribution in [0, 0.1) is 17.3 Å². The van der Waals surface area contributed by atoms with E-state index in [0.29, 0.717) is 24.9 Å². The van der Waals surface area contributed by atoms with Crippen LogP contribution in [0.4, 0.5) is 13.2 Å². The number of carbonyl (C=O) groups excluding carboxylic acids is 1. The predicted octanol–water partition coefficient (Wildman–Crippen LogP) is 3.55. The highest BCUT2D eigenvalue weighted by atomic mass is 19.4. The number of likely N-dealkylation sites (tertiary alicyclic amines) is 1. The Hall–Kier alpha value is -2.09. The van der Waals surface area contributed by atoms with E-state index in [9.17, 15) is 27.9 Å². The van der Waals surface area contributed by atoms with Gasteiger partial charge in [-0.3, -0.25) is 14.5 Å². The third-order valence-electron chi connectivity index (χ3n) is 8.45. The van der Waals surface area contributed by atoms with E-state index in [1.165, 1.54) is 6.07 Å². The van der Waals surface area contributed by atoms with Crippen LogP contribution in [0.2, 0.25) is 0 Å². The number of rotatable bonds is 2. The molecule has 3 fully saturated rings. The molecule has 1 aromatic carbocycles. The van der Waals surface area contributed by atoms with Gasteiger partial charge in [0.15, 0.2) is 0 Å². The van der Waals surface area contributed by atoms with Crippen molar-refractivity contribution in [2.75, 3.05) is 13.1 Å². The molecule has 168 valence electrons. The Balaban J connectivity index is 1.36. The lowest BCUT2D eigenvalue weighted by Crippen LogP contribution is -2.40. The molecule has 1 spiro atoms. The first-order valence-corrected chi connectivity index (χ1v) is 11.1. The summed E-state index contributed by atoms with van der Waals surface area (Å²) >= 11 is 0. The Morgan fingerprint density at radius 1 is 1.23 bits per heavy atom. The van der Waals surface area contributed by atoms with E-state index in [1.54, 1.807) is 6.07 Å².